The summed E-state index contributed by atoms with van der Waals surface area (Å²) in [5, 5.41) is 18.6. The van der Waals surface area contributed by atoms with E-state index in [0.29, 0.717) is 22.8 Å². The Morgan fingerprint density at radius 3 is 2.75 bits per heavy atom. The molecular formula is C19H16FN7O. The van der Waals surface area contributed by atoms with Crippen molar-refractivity contribution in [2.24, 2.45) is 7.05 Å². The molecule has 1 N–H and O–H groups in total. The third kappa shape index (κ3) is 3.37. The summed E-state index contributed by atoms with van der Waals surface area (Å²) in [4.78, 5) is 12.5. The summed E-state index contributed by atoms with van der Waals surface area (Å²) in [5.74, 6) is -0.0444. The number of carbonyl (C=O) groups is 1. The second-order valence-electron chi connectivity index (χ2n) is 6.28. The topological polar surface area (TPSA) is 90.5 Å². The Hall–Kier alpha value is -3.88. The number of nitrogens with one attached hydrogen (secondary N) is 1. The van der Waals surface area contributed by atoms with Gasteiger partial charge in [0.05, 0.1) is 11.9 Å². The molecule has 0 aliphatic rings. The van der Waals surface area contributed by atoms with E-state index in [1.807, 2.05) is 19.2 Å². The Morgan fingerprint density at radius 1 is 1.14 bits per heavy atom. The van der Waals surface area contributed by atoms with E-state index >= 15 is 0 Å². The van der Waals surface area contributed by atoms with Crippen LogP contribution in [-0.4, -0.2) is 35.7 Å². The van der Waals surface area contributed by atoms with Gasteiger partial charge in [0, 0.05) is 18.3 Å². The number of rotatable bonds is 4. The average molecular weight is 377 g/mol. The molecule has 0 spiro atoms. The monoisotopic (exact) mass is 377 g/mol. The molecule has 0 unspecified atom stereocenters. The summed E-state index contributed by atoms with van der Waals surface area (Å²) in [6.07, 6.45) is 3.11. The Balaban J connectivity index is 1.55. The lowest BCUT2D eigenvalue weighted by Gasteiger charge is -2.06. The van der Waals surface area contributed by atoms with Crippen LogP contribution in [0.5, 0.6) is 0 Å². The summed E-state index contributed by atoms with van der Waals surface area (Å²) in [6, 6.07) is 11.6. The van der Waals surface area contributed by atoms with Gasteiger partial charge in [0.25, 0.3) is 5.91 Å². The summed E-state index contributed by atoms with van der Waals surface area (Å²) < 4.78 is 16.5. The molecule has 0 saturated heterocycles. The van der Waals surface area contributed by atoms with Gasteiger partial charge in [0.2, 0.25) is 0 Å². The zero-order valence-corrected chi connectivity index (χ0v) is 15.2. The second kappa shape index (κ2) is 7.03. The predicted octanol–water partition coefficient (Wildman–Crippen LogP) is 2.76. The van der Waals surface area contributed by atoms with Crippen LogP contribution in [0.1, 0.15) is 16.1 Å². The molecule has 0 aliphatic carbocycles. The second-order valence-corrected chi connectivity index (χ2v) is 6.28. The highest BCUT2D eigenvalue weighted by Crippen LogP contribution is 2.21. The van der Waals surface area contributed by atoms with Gasteiger partial charge < -0.3 is 9.88 Å². The zero-order valence-electron chi connectivity index (χ0n) is 15.2. The number of hydrogen-bond donors (Lipinski definition) is 1. The van der Waals surface area contributed by atoms with Crippen LogP contribution in [0.2, 0.25) is 0 Å². The van der Waals surface area contributed by atoms with E-state index in [2.05, 4.69) is 25.8 Å². The van der Waals surface area contributed by atoms with E-state index in [1.165, 1.54) is 23.0 Å². The third-order valence-electron chi connectivity index (χ3n) is 4.22. The van der Waals surface area contributed by atoms with Crippen molar-refractivity contribution in [3.63, 3.8) is 0 Å². The van der Waals surface area contributed by atoms with Crippen molar-refractivity contribution in [1.82, 2.24) is 29.8 Å². The zero-order chi connectivity index (χ0) is 19.7. The Kier molecular flexibility index (Phi) is 4.40. The fraction of sp³-hybridized carbons (Fsp3) is 0.105. The van der Waals surface area contributed by atoms with Crippen LogP contribution < -0.4 is 5.32 Å². The van der Waals surface area contributed by atoms with Gasteiger partial charge in [-0.25, -0.2) is 9.07 Å². The summed E-state index contributed by atoms with van der Waals surface area (Å²) in [7, 11) is 1.84. The Bertz CT molecular complexity index is 1160. The molecule has 2 heterocycles. The lowest BCUT2D eigenvalue weighted by molar-refractivity contribution is 0.102. The molecule has 1 amide bonds. The van der Waals surface area contributed by atoms with Gasteiger partial charge in [0.15, 0.2) is 11.5 Å². The number of amides is 1. The highest BCUT2D eigenvalue weighted by Gasteiger charge is 2.14. The summed E-state index contributed by atoms with van der Waals surface area (Å²) >= 11 is 0. The maximum atomic E-state index is 13.3. The number of hydrogen-bond acceptors (Lipinski definition) is 5. The maximum absolute atomic E-state index is 13.3. The fourth-order valence-corrected chi connectivity index (χ4v) is 2.84. The largest absolute Gasteiger partial charge is 0.321 e. The van der Waals surface area contributed by atoms with Gasteiger partial charge in [-0.1, -0.05) is 17.3 Å². The van der Waals surface area contributed by atoms with Crippen molar-refractivity contribution in [2.45, 2.75) is 6.92 Å². The van der Waals surface area contributed by atoms with Crippen LogP contribution in [0.15, 0.2) is 55.0 Å². The van der Waals surface area contributed by atoms with E-state index in [4.69, 9.17) is 0 Å². The molecule has 2 aromatic carbocycles. The molecule has 0 saturated carbocycles. The molecule has 4 aromatic rings. The molecule has 4 rings (SSSR count). The van der Waals surface area contributed by atoms with Gasteiger partial charge >= 0.3 is 0 Å². The Morgan fingerprint density at radius 2 is 2.00 bits per heavy atom. The van der Waals surface area contributed by atoms with Crippen LogP contribution in [0, 0.1) is 12.7 Å². The van der Waals surface area contributed by atoms with Gasteiger partial charge in [-0.3, -0.25) is 4.79 Å². The number of benzene rings is 2. The maximum Gasteiger partial charge on any atom is 0.277 e. The minimum absolute atomic E-state index is 0.146. The van der Waals surface area contributed by atoms with E-state index in [1.54, 1.807) is 36.0 Å². The van der Waals surface area contributed by atoms with Crippen LogP contribution in [-0.2, 0) is 7.05 Å². The molecule has 2 aromatic heterocycles. The smallest absolute Gasteiger partial charge is 0.277 e. The quantitative estimate of drug-likeness (QED) is 0.591. The molecule has 0 fully saturated rings. The van der Waals surface area contributed by atoms with Gasteiger partial charge in [0.1, 0.15) is 12.1 Å². The van der Waals surface area contributed by atoms with E-state index in [0.717, 1.165) is 5.56 Å². The first-order valence-electron chi connectivity index (χ1n) is 8.46. The third-order valence-corrected chi connectivity index (χ3v) is 4.22. The predicted molar refractivity (Wildman–Crippen MR) is 100 cm³/mol. The first-order valence-corrected chi connectivity index (χ1v) is 8.46. The van der Waals surface area contributed by atoms with Gasteiger partial charge in [-0.15, -0.1) is 15.3 Å². The van der Waals surface area contributed by atoms with Crippen LogP contribution in [0.25, 0.3) is 17.1 Å². The highest BCUT2D eigenvalue weighted by molar-refractivity contribution is 6.02. The van der Waals surface area contributed by atoms with Crippen molar-refractivity contribution in [1.29, 1.82) is 0 Å². The minimum atomic E-state index is -0.402. The highest BCUT2D eigenvalue weighted by atomic mass is 19.1. The first-order chi connectivity index (χ1) is 13.5. The van der Waals surface area contributed by atoms with Crippen molar-refractivity contribution in [3.8, 4) is 17.1 Å². The standard InChI is InChI=1S/C19H16FN7O/c1-12-8-14(20)6-7-17(12)27-10-16(23-25-27)19(28)22-15-5-3-4-13(9-15)18-24-21-11-26(18)2/h3-11H,1-2H3,(H,22,28). The molecule has 140 valence electrons. The minimum Gasteiger partial charge on any atom is -0.321 e. The number of aryl methyl sites for hydroxylation is 2. The molecule has 0 bridgehead atoms. The van der Waals surface area contributed by atoms with Crippen molar-refractivity contribution in [2.75, 3.05) is 5.32 Å². The fourth-order valence-electron chi connectivity index (χ4n) is 2.84. The molecule has 0 atom stereocenters. The van der Waals surface area contributed by atoms with E-state index in [-0.39, 0.29) is 11.5 Å². The van der Waals surface area contributed by atoms with Crippen molar-refractivity contribution < 1.29 is 9.18 Å². The average Bonchev–Trinajstić information content (AvgIpc) is 3.31. The van der Waals surface area contributed by atoms with Crippen molar-refractivity contribution in [3.05, 3.63) is 72.1 Å². The molecule has 0 radical (unpaired) electrons. The molecule has 9 heteroatoms. The molecule has 0 aliphatic heterocycles. The van der Waals surface area contributed by atoms with Crippen LogP contribution in [0.4, 0.5) is 10.1 Å². The normalized spacial score (nSPS) is 10.8. The number of aromatic nitrogens is 6. The molecule has 8 nitrogen and oxygen atoms in total. The molecule has 28 heavy (non-hydrogen) atoms. The van der Waals surface area contributed by atoms with Crippen LogP contribution >= 0.6 is 0 Å². The van der Waals surface area contributed by atoms with E-state index < -0.39 is 5.91 Å². The SMILES string of the molecule is Cc1cc(F)ccc1-n1cc(C(=O)Nc2cccc(-c3nncn3C)c2)nn1. The Labute approximate surface area is 159 Å². The number of halogens is 1. The lowest BCUT2D eigenvalue weighted by atomic mass is 10.2. The number of nitrogens with zero attached hydrogens (tertiary/aromatic N) is 6. The van der Waals surface area contributed by atoms with E-state index in [9.17, 15) is 9.18 Å². The summed E-state index contributed by atoms with van der Waals surface area (Å²) in [5.41, 5.74) is 2.90. The lowest BCUT2D eigenvalue weighted by Crippen LogP contribution is -2.12. The van der Waals surface area contributed by atoms with Gasteiger partial charge in [-0.05, 0) is 42.8 Å². The number of anilines is 1. The van der Waals surface area contributed by atoms with Crippen molar-refractivity contribution >= 4 is 11.6 Å². The number of carbonyl (C=O) groups excluding carboxylic acids is 1. The summed E-state index contributed by atoms with van der Waals surface area (Å²) in [6.45, 7) is 1.76. The van der Waals surface area contributed by atoms with Crippen LogP contribution in [0.3, 0.4) is 0 Å². The van der Waals surface area contributed by atoms with Gasteiger partial charge in [-0.2, -0.15) is 0 Å². The molecular weight excluding hydrogens is 361 g/mol. The first kappa shape index (κ1) is 17.5.